The number of nitrogens with zero attached hydrogens (tertiary/aromatic N) is 1. The van der Waals surface area contributed by atoms with Crippen LogP contribution in [0.1, 0.15) is 11.1 Å². The number of methoxy groups -OCH3 is 1. The minimum Gasteiger partial charge on any atom is -0.504 e. The maximum Gasteiger partial charge on any atom is 0.293 e. The van der Waals surface area contributed by atoms with E-state index in [1.165, 1.54) is 7.11 Å². The molecule has 2 amide bonds. The summed E-state index contributed by atoms with van der Waals surface area (Å²) in [5.74, 6) is -0.0655. The lowest BCUT2D eigenvalue weighted by molar-refractivity contribution is -0.123. The summed E-state index contributed by atoms with van der Waals surface area (Å²) in [5, 5.41) is 10.3. The number of aromatic hydroxyl groups is 1. The first-order valence-electron chi connectivity index (χ1n) is 7.56. The molecule has 0 atom stereocenters. The molecular formula is C18H12Cl2INO4S. The lowest BCUT2D eigenvalue weighted by Gasteiger charge is -2.13. The van der Waals surface area contributed by atoms with Crippen molar-refractivity contribution in [2.24, 2.45) is 0 Å². The van der Waals surface area contributed by atoms with E-state index in [9.17, 15) is 14.7 Å². The van der Waals surface area contributed by atoms with E-state index in [4.69, 9.17) is 27.9 Å². The van der Waals surface area contributed by atoms with Gasteiger partial charge in [-0.15, -0.1) is 0 Å². The second-order valence-corrected chi connectivity index (χ2v) is 8.54. The van der Waals surface area contributed by atoms with E-state index in [1.54, 1.807) is 36.4 Å². The molecular weight excluding hydrogens is 524 g/mol. The molecule has 0 unspecified atom stereocenters. The Morgan fingerprint density at radius 3 is 2.63 bits per heavy atom. The zero-order valence-electron chi connectivity index (χ0n) is 13.8. The van der Waals surface area contributed by atoms with Crippen molar-refractivity contribution in [3.05, 3.63) is 60.0 Å². The average molecular weight is 536 g/mol. The molecule has 5 nitrogen and oxygen atoms in total. The zero-order valence-corrected chi connectivity index (χ0v) is 18.3. The molecule has 1 aliphatic rings. The van der Waals surface area contributed by atoms with Crippen molar-refractivity contribution in [2.75, 3.05) is 7.11 Å². The highest BCUT2D eigenvalue weighted by atomic mass is 127. The Bertz CT molecular complexity index is 980. The molecule has 3 rings (SSSR count). The second-order valence-electron chi connectivity index (χ2n) is 5.57. The van der Waals surface area contributed by atoms with E-state index in [0.29, 0.717) is 35.4 Å². The lowest BCUT2D eigenvalue weighted by atomic mass is 10.1. The third kappa shape index (κ3) is 4.37. The molecule has 0 bridgehead atoms. The number of carbonyl (C=O) groups is 2. The highest BCUT2D eigenvalue weighted by Crippen LogP contribution is 2.37. The van der Waals surface area contributed by atoms with Gasteiger partial charge in [0.15, 0.2) is 11.5 Å². The van der Waals surface area contributed by atoms with Gasteiger partial charge in [0.25, 0.3) is 11.1 Å². The number of thioether (sulfide) groups is 1. The van der Waals surface area contributed by atoms with E-state index in [1.807, 2.05) is 22.6 Å². The molecule has 1 heterocycles. The molecule has 9 heteroatoms. The zero-order chi connectivity index (χ0) is 19.7. The van der Waals surface area contributed by atoms with E-state index in [2.05, 4.69) is 0 Å². The number of ether oxygens (including phenoxy) is 1. The Hall–Kier alpha value is -1.42. The van der Waals surface area contributed by atoms with Gasteiger partial charge in [0, 0.05) is 0 Å². The summed E-state index contributed by atoms with van der Waals surface area (Å²) in [6, 6.07) is 8.27. The van der Waals surface area contributed by atoms with Gasteiger partial charge in [-0.3, -0.25) is 14.5 Å². The van der Waals surface area contributed by atoms with Crippen LogP contribution in [0.4, 0.5) is 4.79 Å². The second kappa shape index (κ2) is 8.30. The SMILES string of the molecule is COc1cc(C=C2SC(=O)N(Cc3ccc(Cl)c(Cl)c3)C2=O)cc(I)c1O. The number of hydrogen-bond acceptors (Lipinski definition) is 5. The molecule has 2 aromatic rings. The van der Waals surface area contributed by atoms with Crippen LogP contribution in [0, 0.1) is 3.57 Å². The highest BCUT2D eigenvalue weighted by Gasteiger charge is 2.35. The molecule has 0 saturated carbocycles. The van der Waals surface area contributed by atoms with Gasteiger partial charge in [-0.05, 0) is 75.8 Å². The Labute approximate surface area is 183 Å². The number of halogens is 3. The molecule has 0 aliphatic carbocycles. The summed E-state index contributed by atoms with van der Waals surface area (Å²) in [7, 11) is 1.44. The average Bonchev–Trinajstić information content (AvgIpc) is 2.88. The van der Waals surface area contributed by atoms with Crippen LogP contribution >= 0.6 is 57.6 Å². The number of rotatable bonds is 4. The van der Waals surface area contributed by atoms with Crippen LogP contribution in [0.15, 0.2) is 35.2 Å². The monoisotopic (exact) mass is 535 g/mol. The largest absolute Gasteiger partial charge is 0.504 e. The summed E-state index contributed by atoms with van der Waals surface area (Å²) in [4.78, 5) is 26.4. The Kier molecular flexibility index (Phi) is 6.25. The Balaban J connectivity index is 1.86. The summed E-state index contributed by atoms with van der Waals surface area (Å²) in [6.07, 6.45) is 1.60. The number of phenolic OH excluding ortho intramolecular Hbond substituents is 1. The van der Waals surface area contributed by atoms with E-state index in [-0.39, 0.29) is 17.5 Å². The van der Waals surface area contributed by atoms with Crippen molar-refractivity contribution in [2.45, 2.75) is 6.54 Å². The van der Waals surface area contributed by atoms with Gasteiger partial charge in [0.2, 0.25) is 0 Å². The maximum atomic E-state index is 12.7. The fourth-order valence-corrected chi connectivity index (χ4v) is 4.23. The quantitative estimate of drug-likeness (QED) is 0.411. The van der Waals surface area contributed by atoms with Crippen LogP contribution in [-0.2, 0) is 11.3 Å². The minimum absolute atomic E-state index is 0.0305. The van der Waals surface area contributed by atoms with Gasteiger partial charge in [0.05, 0.1) is 32.2 Å². The molecule has 0 radical (unpaired) electrons. The maximum absolute atomic E-state index is 12.7. The summed E-state index contributed by atoms with van der Waals surface area (Å²) >= 11 is 14.7. The standard InChI is InChI=1S/C18H12Cl2INO4S/c1-26-14-6-10(5-13(21)16(14)23)7-15-17(24)22(18(25)27-15)8-9-2-3-11(19)12(20)4-9/h2-7,23H,8H2,1H3. The van der Waals surface area contributed by atoms with E-state index >= 15 is 0 Å². The van der Waals surface area contributed by atoms with Gasteiger partial charge in [-0.1, -0.05) is 29.3 Å². The normalized spacial score (nSPS) is 15.7. The minimum atomic E-state index is -0.391. The molecule has 1 fully saturated rings. The van der Waals surface area contributed by atoms with Crippen LogP contribution in [0.5, 0.6) is 11.5 Å². The highest BCUT2D eigenvalue weighted by molar-refractivity contribution is 14.1. The van der Waals surface area contributed by atoms with Gasteiger partial charge >= 0.3 is 0 Å². The third-order valence-electron chi connectivity index (χ3n) is 3.77. The van der Waals surface area contributed by atoms with Crippen LogP contribution < -0.4 is 4.74 Å². The lowest BCUT2D eigenvalue weighted by Crippen LogP contribution is -2.27. The van der Waals surface area contributed by atoms with Crippen molar-refractivity contribution in [3.63, 3.8) is 0 Å². The van der Waals surface area contributed by atoms with Crippen molar-refractivity contribution in [1.29, 1.82) is 0 Å². The number of carbonyl (C=O) groups excluding carboxylic acids is 2. The molecule has 1 saturated heterocycles. The van der Waals surface area contributed by atoms with Gasteiger partial charge in [0.1, 0.15) is 0 Å². The van der Waals surface area contributed by atoms with Gasteiger partial charge in [-0.2, -0.15) is 0 Å². The summed E-state index contributed by atoms with van der Waals surface area (Å²) < 4.78 is 5.70. The number of phenols is 1. The molecule has 1 N–H and O–H groups in total. The predicted octanol–water partition coefficient (Wildman–Crippen LogP) is 5.55. The van der Waals surface area contributed by atoms with E-state index in [0.717, 1.165) is 16.7 Å². The predicted molar refractivity (Wildman–Crippen MR) is 115 cm³/mol. The van der Waals surface area contributed by atoms with Gasteiger partial charge in [-0.25, -0.2) is 0 Å². The fourth-order valence-electron chi connectivity index (χ4n) is 2.44. The Morgan fingerprint density at radius 2 is 1.96 bits per heavy atom. The van der Waals surface area contributed by atoms with Crippen LogP contribution in [0.2, 0.25) is 10.0 Å². The third-order valence-corrected chi connectivity index (χ3v) is 6.24. The molecule has 0 aromatic heterocycles. The van der Waals surface area contributed by atoms with Gasteiger partial charge < -0.3 is 9.84 Å². The topological polar surface area (TPSA) is 66.8 Å². The van der Waals surface area contributed by atoms with Crippen LogP contribution in [-0.4, -0.2) is 28.3 Å². The first-order valence-corrected chi connectivity index (χ1v) is 10.2. The number of benzene rings is 2. The number of hydrogen-bond donors (Lipinski definition) is 1. The summed E-state index contributed by atoms with van der Waals surface area (Å²) in [6.45, 7) is 0.106. The van der Waals surface area contributed by atoms with E-state index < -0.39 is 5.91 Å². The first kappa shape index (κ1) is 20.3. The van der Waals surface area contributed by atoms with Crippen molar-refractivity contribution >= 4 is 74.8 Å². The first-order chi connectivity index (χ1) is 12.8. The molecule has 140 valence electrons. The molecule has 27 heavy (non-hydrogen) atoms. The van der Waals surface area contributed by atoms with Crippen molar-refractivity contribution < 1.29 is 19.4 Å². The van der Waals surface area contributed by atoms with Crippen molar-refractivity contribution in [1.82, 2.24) is 4.90 Å². The summed E-state index contributed by atoms with van der Waals surface area (Å²) in [5.41, 5.74) is 1.35. The molecule has 1 aliphatic heterocycles. The van der Waals surface area contributed by atoms with Crippen molar-refractivity contribution in [3.8, 4) is 11.5 Å². The number of imide groups is 1. The fraction of sp³-hybridized carbons (Fsp3) is 0.111. The Morgan fingerprint density at radius 1 is 1.22 bits per heavy atom. The number of amides is 2. The molecule has 0 spiro atoms. The van der Waals surface area contributed by atoms with Crippen LogP contribution in [0.3, 0.4) is 0 Å². The molecule has 2 aromatic carbocycles. The smallest absolute Gasteiger partial charge is 0.293 e. The van der Waals surface area contributed by atoms with Crippen LogP contribution in [0.25, 0.3) is 6.08 Å².